The molecule has 0 atom stereocenters. The SMILES string of the molecule is Cc1cn(-c2ccc3cc(Br)ccc3c2)c(NC2CC2)n1. The third kappa shape index (κ3) is 2.56. The lowest BCUT2D eigenvalue weighted by atomic mass is 10.1. The quantitative estimate of drug-likeness (QED) is 0.750. The molecular formula is C17H16BrN3. The molecule has 1 saturated carbocycles. The third-order valence-electron chi connectivity index (χ3n) is 3.80. The Balaban J connectivity index is 1.80. The van der Waals surface area contributed by atoms with Crippen LogP contribution in [0.1, 0.15) is 18.5 Å². The maximum atomic E-state index is 4.61. The number of halogens is 1. The van der Waals surface area contributed by atoms with Gasteiger partial charge in [-0.25, -0.2) is 4.98 Å². The normalized spacial score (nSPS) is 14.6. The minimum atomic E-state index is 0.599. The number of nitrogens with zero attached hydrogens (tertiary/aromatic N) is 2. The summed E-state index contributed by atoms with van der Waals surface area (Å²) in [5.41, 5.74) is 2.18. The molecule has 4 rings (SSSR count). The molecule has 0 saturated heterocycles. The highest BCUT2D eigenvalue weighted by Gasteiger charge is 2.23. The van der Waals surface area contributed by atoms with Crippen LogP contribution in [0.25, 0.3) is 16.5 Å². The Morgan fingerprint density at radius 1 is 1.14 bits per heavy atom. The summed E-state index contributed by atoms with van der Waals surface area (Å²) in [6, 6.07) is 13.5. The van der Waals surface area contributed by atoms with Crippen molar-refractivity contribution in [3.63, 3.8) is 0 Å². The summed E-state index contributed by atoms with van der Waals surface area (Å²) in [6.45, 7) is 2.03. The van der Waals surface area contributed by atoms with E-state index in [-0.39, 0.29) is 0 Å². The summed E-state index contributed by atoms with van der Waals surface area (Å²) in [5, 5.41) is 5.98. The van der Waals surface area contributed by atoms with Gasteiger partial charge in [0.25, 0.3) is 0 Å². The van der Waals surface area contributed by atoms with E-state index in [1.807, 2.05) is 6.92 Å². The van der Waals surface area contributed by atoms with Crippen molar-refractivity contribution in [2.75, 3.05) is 5.32 Å². The Bertz CT molecular complexity index is 818. The summed E-state index contributed by atoms with van der Waals surface area (Å²) in [4.78, 5) is 4.61. The van der Waals surface area contributed by atoms with Gasteiger partial charge in [0.2, 0.25) is 5.95 Å². The lowest BCUT2D eigenvalue weighted by Crippen LogP contribution is -2.07. The van der Waals surface area contributed by atoms with Gasteiger partial charge >= 0.3 is 0 Å². The largest absolute Gasteiger partial charge is 0.353 e. The van der Waals surface area contributed by atoms with Gasteiger partial charge in [-0.3, -0.25) is 4.57 Å². The van der Waals surface area contributed by atoms with Gasteiger partial charge in [0.05, 0.1) is 5.69 Å². The van der Waals surface area contributed by atoms with Gasteiger partial charge in [0, 0.05) is 22.4 Å². The number of fused-ring (bicyclic) bond motifs is 1. The molecule has 1 aliphatic rings. The van der Waals surface area contributed by atoms with Crippen LogP contribution < -0.4 is 5.32 Å². The van der Waals surface area contributed by atoms with Gasteiger partial charge in [0.15, 0.2) is 0 Å². The lowest BCUT2D eigenvalue weighted by Gasteiger charge is -2.10. The van der Waals surface area contributed by atoms with Crippen molar-refractivity contribution >= 4 is 32.7 Å². The zero-order valence-corrected chi connectivity index (χ0v) is 13.4. The van der Waals surface area contributed by atoms with Crippen LogP contribution >= 0.6 is 15.9 Å². The minimum Gasteiger partial charge on any atom is -0.353 e. The molecule has 3 aromatic rings. The molecule has 4 heteroatoms. The highest BCUT2D eigenvalue weighted by Crippen LogP contribution is 2.28. The molecule has 2 aromatic carbocycles. The first-order valence-electron chi connectivity index (χ1n) is 7.21. The van der Waals surface area contributed by atoms with Crippen molar-refractivity contribution in [1.29, 1.82) is 0 Å². The number of rotatable bonds is 3. The Hall–Kier alpha value is -1.81. The van der Waals surface area contributed by atoms with E-state index in [1.54, 1.807) is 0 Å². The Kier molecular flexibility index (Phi) is 3.00. The maximum Gasteiger partial charge on any atom is 0.207 e. The van der Waals surface area contributed by atoms with Crippen molar-refractivity contribution in [2.45, 2.75) is 25.8 Å². The van der Waals surface area contributed by atoms with Crippen molar-refractivity contribution in [2.24, 2.45) is 0 Å². The molecule has 1 heterocycles. The van der Waals surface area contributed by atoms with Gasteiger partial charge < -0.3 is 5.32 Å². The minimum absolute atomic E-state index is 0.599. The second-order valence-electron chi connectivity index (χ2n) is 5.67. The molecule has 21 heavy (non-hydrogen) atoms. The lowest BCUT2D eigenvalue weighted by molar-refractivity contribution is 1.00. The van der Waals surface area contributed by atoms with Gasteiger partial charge in [-0.15, -0.1) is 0 Å². The fourth-order valence-electron chi connectivity index (χ4n) is 2.56. The van der Waals surface area contributed by atoms with E-state index in [2.05, 4.69) is 73.4 Å². The molecule has 0 radical (unpaired) electrons. The third-order valence-corrected chi connectivity index (χ3v) is 4.29. The molecule has 0 aliphatic heterocycles. The number of nitrogens with one attached hydrogen (secondary N) is 1. The predicted molar refractivity (Wildman–Crippen MR) is 90.2 cm³/mol. The molecule has 106 valence electrons. The molecule has 1 aromatic heterocycles. The molecule has 1 N–H and O–H groups in total. The highest BCUT2D eigenvalue weighted by molar-refractivity contribution is 9.10. The molecule has 0 amide bonds. The van der Waals surface area contributed by atoms with Gasteiger partial charge in [-0.2, -0.15) is 0 Å². The highest BCUT2D eigenvalue weighted by atomic mass is 79.9. The van der Waals surface area contributed by atoms with Crippen LogP contribution in [0.3, 0.4) is 0 Å². The zero-order valence-electron chi connectivity index (χ0n) is 11.8. The number of hydrogen-bond acceptors (Lipinski definition) is 2. The van der Waals surface area contributed by atoms with E-state index >= 15 is 0 Å². The Morgan fingerprint density at radius 2 is 1.90 bits per heavy atom. The fraction of sp³-hybridized carbons (Fsp3) is 0.235. The predicted octanol–water partition coefficient (Wildman–Crippen LogP) is 4.67. The van der Waals surface area contributed by atoms with Crippen LogP contribution in [-0.2, 0) is 0 Å². The smallest absolute Gasteiger partial charge is 0.207 e. The second kappa shape index (κ2) is 4.88. The monoisotopic (exact) mass is 341 g/mol. The number of aromatic nitrogens is 2. The van der Waals surface area contributed by atoms with E-state index < -0.39 is 0 Å². The fourth-order valence-corrected chi connectivity index (χ4v) is 2.94. The van der Waals surface area contributed by atoms with Gasteiger partial charge in [-0.05, 0) is 54.8 Å². The molecule has 0 spiro atoms. The van der Waals surface area contributed by atoms with Crippen molar-refractivity contribution in [1.82, 2.24) is 9.55 Å². The first-order chi connectivity index (χ1) is 10.2. The van der Waals surface area contributed by atoms with Crippen molar-refractivity contribution in [3.05, 3.63) is 52.8 Å². The molecule has 0 unspecified atom stereocenters. The number of hydrogen-bond donors (Lipinski definition) is 1. The molecule has 1 fully saturated rings. The number of anilines is 1. The van der Waals surface area contributed by atoms with Gasteiger partial charge in [-0.1, -0.05) is 28.1 Å². The van der Waals surface area contributed by atoms with E-state index in [0.717, 1.165) is 21.8 Å². The summed E-state index contributed by atoms with van der Waals surface area (Å²) in [7, 11) is 0. The summed E-state index contributed by atoms with van der Waals surface area (Å²) in [5.74, 6) is 0.950. The number of aryl methyl sites for hydroxylation is 1. The first kappa shape index (κ1) is 12.9. The van der Waals surface area contributed by atoms with Crippen LogP contribution in [0.2, 0.25) is 0 Å². The van der Waals surface area contributed by atoms with E-state index in [9.17, 15) is 0 Å². The summed E-state index contributed by atoms with van der Waals surface area (Å²) < 4.78 is 3.26. The van der Waals surface area contributed by atoms with Crippen LogP contribution in [0.15, 0.2) is 47.1 Å². The van der Waals surface area contributed by atoms with E-state index in [0.29, 0.717) is 6.04 Å². The standard InChI is InChI=1S/C17H16BrN3/c1-11-10-21(17(19-11)20-15-5-6-15)16-7-3-12-8-14(18)4-2-13(12)9-16/h2-4,7-10,15H,5-6H2,1H3,(H,19,20). The maximum absolute atomic E-state index is 4.61. The molecule has 0 bridgehead atoms. The van der Waals surface area contributed by atoms with Crippen LogP contribution in [0.5, 0.6) is 0 Å². The average molecular weight is 342 g/mol. The summed E-state index contributed by atoms with van der Waals surface area (Å²) in [6.07, 6.45) is 4.58. The van der Waals surface area contributed by atoms with Crippen molar-refractivity contribution in [3.8, 4) is 5.69 Å². The van der Waals surface area contributed by atoms with Crippen LogP contribution in [0, 0.1) is 6.92 Å². The molecular weight excluding hydrogens is 326 g/mol. The Labute approximate surface area is 132 Å². The second-order valence-corrected chi connectivity index (χ2v) is 6.59. The van der Waals surface area contributed by atoms with Crippen LogP contribution in [-0.4, -0.2) is 15.6 Å². The van der Waals surface area contributed by atoms with E-state index in [4.69, 9.17) is 0 Å². The topological polar surface area (TPSA) is 29.9 Å². The summed E-state index contributed by atoms with van der Waals surface area (Å²) >= 11 is 3.52. The first-order valence-corrected chi connectivity index (χ1v) is 8.00. The zero-order chi connectivity index (χ0) is 14.4. The van der Waals surface area contributed by atoms with Gasteiger partial charge in [0.1, 0.15) is 0 Å². The van der Waals surface area contributed by atoms with Crippen LogP contribution in [0.4, 0.5) is 5.95 Å². The Morgan fingerprint density at radius 3 is 2.71 bits per heavy atom. The van der Waals surface area contributed by atoms with E-state index in [1.165, 1.54) is 23.6 Å². The average Bonchev–Trinajstić information content (AvgIpc) is 3.20. The molecule has 3 nitrogen and oxygen atoms in total. The van der Waals surface area contributed by atoms with Crippen molar-refractivity contribution < 1.29 is 0 Å². The number of benzene rings is 2. The molecule has 1 aliphatic carbocycles. The number of imidazole rings is 1.